The van der Waals surface area contributed by atoms with Crippen LogP contribution in [0.2, 0.25) is 0 Å². The molecule has 0 atom stereocenters. The predicted molar refractivity (Wildman–Crippen MR) is 91.4 cm³/mol. The van der Waals surface area contributed by atoms with Gasteiger partial charge in [0.1, 0.15) is 17.2 Å². The quantitative estimate of drug-likeness (QED) is 0.717. The Balaban J connectivity index is 2.44. The molecule has 25 heavy (non-hydrogen) atoms. The molecule has 0 aliphatic heterocycles. The van der Waals surface area contributed by atoms with Crippen LogP contribution in [0.5, 0.6) is 11.5 Å². The molecule has 0 saturated heterocycles. The van der Waals surface area contributed by atoms with Crippen molar-refractivity contribution in [3.8, 4) is 22.8 Å². The first-order chi connectivity index (χ1) is 11.9. The van der Waals surface area contributed by atoms with Crippen LogP contribution in [0, 0.1) is 0 Å². The van der Waals surface area contributed by atoms with Gasteiger partial charge in [0, 0.05) is 14.1 Å². The SMILES string of the molecule is COc1ccc(OC)c(-c2nc3c([nH]c2=O)c(=O)n(C)c(=O)n3C)c1. The maximum Gasteiger partial charge on any atom is 0.332 e. The highest BCUT2D eigenvalue weighted by Crippen LogP contribution is 2.30. The number of benzene rings is 1. The molecule has 9 nitrogen and oxygen atoms in total. The molecule has 0 bridgehead atoms. The van der Waals surface area contributed by atoms with E-state index in [1.54, 1.807) is 18.2 Å². The summed E-state index contributed by atoms with van der Waals surface area (Å²) in [4.78, 5) is 43.6. The van der Waals surface area contributed by atoms with Crippen LogP contribution >= 0.6 is 0 Å². The molecular formula is C16H16N4O5. The van der Waals surface area contributed by atoms with Gasteiger partial charge in [-0.15, -0.1) is 0 Å². The second-order valence-electron chi connectivity index (χ2n) is 5.39. The van der Waals surface area contributed by atoms with Gasteiger partial charge in [-0.05, 0) is 18.2 Å². The van der Waals surface area contributed by atoms with Crippen LogP contribution < -0.4 is 26.3 Å². The topological polar surface area (TPSA) is 108 Å². The third-order valence-electron chi connectivity index (χ3n) is 3.97. The minimum absolute atomic E-state index is 0.0199. The zero-order valence-corrected chi connectivity index (χ0v) is 14.1. The predicted octanol–water partition coefficient (Wildman–Crippen LogP) is 0.00470. The van der Waals surface area contributed by atoms with Crippen molar-refractivity contribution < 1.29 is 9.47 Å². The average molecular weight is 344 g/mol. The lowest BCUT2D eigenvalue weighted by Gasteiger charge is -2.11. The first-order valence-corrected chi connectivity index (χ1v) is 7.31. The number of methoxy groups -OCH3 is 2. The van der Waals surface area contributed by atoms with Crippen LogP contribution in [-0.2, 0) is 14.1 Å². The number of nitrogens with one attached hydrogen (secondary N) is 1. The summed E-state index contributed by atoms with van der Waals surface area (Å²) in [6.45, 7) is 0. The maximum absolute atomic E-state index is 12.5. The summed E-state index contributed by atoms with van der Waals surface area (Å²) in [5, 5.41) is 0. The number of H-pyrrole nitrogens is 1. The molecule has 0 aliphatic rings. The minimum Gasteiger partial charge on any atom is -0.497 e. The van der Waals surface area contributed by atoms with Gasteiger partial charge in [-0.1, -0.05) is 0 Å². The molecule has 1 aromatic carbocycles. The number of ether oxygens (including phenoxy) is 2. The van der Waals surface area contributed by atoms with E-state index < -0.39 is 16.8 Å². The van der Waals surface area contributed by atoms with Gasteiger partial charge >= 0.3 is 5.69 Å². The number of aryl methyl sites for hydroxylation is 1. The number of hydrogen-bond acceptors (Lipinski definition) is 6. The summed E-state index contributed by atoms with van der Waals surface area (Å²) >= 11 is 0. The Morgan fingerprint density at radius 3 is 2.40 bits per heavy atom. The molecule has 3 aromatic rings. The molecule has 130 valence electrons. The average Bonchev–Trinajstić information content (AvgIpc) is 2.63. The smallest absolute Gasteiger partial charge is 0.332 e. The molecule has 2 aromatic heterocycles. The first-order valence-electron chi connectivity index (χ1n) is 7.31. The van der Waals surface area contributed by atoms with Crippen LogP contribution in [0.4, 0.5) is 0 Å². The van der Waals surface area contributed by atoms with Crippen LogP contribution in [0.3, 0.4) is 0 Å². The van der Waals surface area contributed by atoms with Crippen molar-refractivity contribution in [3.63, 3.8) is 0 Å². The van der Waals surface area contributed by atoms with Gasteiger partial charge in [-0.2, -0.15) is 0 Å². The highest BCUT2D eigenvalue weighted by atomic mass is 16.5. The monoisotopic (exact) mass is 344 g/mol. The molecule has 0 radical (unpaired) electrons. The van der Waals surface area contributed by atoms with Gasteiger partial charge < -0.3 is 14.5 Å². The van der Waals surface area contributed by atoms with Gasteiger partial charge in [-0.3, -0.25) is 18.7 Å². The fourth-order valence-corrected chi connectivity index (χ4v) is 2.58. The largest absolute Gasteiger partial charge is 0.497 e. The van der Waals surface area contributed by atoms with Gasteiger partial charge in [0.15, 0.2) is 11.2 Å². The standard InChI is InChI=1S/C16H16N4O5/c1-19-13-12(15(22)20(2)16(19)23)18-14(21)11(17-13)9-7-8(24-3)5-6-10(9)25-4/h5-7H,1-4H3,(H,18,21). The summed E-state index contributed by atoms with van der Waals surface area (Å²) < 4.78 is 12.6. The Bertz CT molecular complexity index is 1160. The molecule has 0 spiro atoms. The van der Waals surface area contributed by atoms with E-state index in [4.69, 9.17) is 9.47 Å². The number of nitrogens with zero attached hydrogens (tertiary/aromatic N) is 3. The number of aromatic nitrogens is 4. The zero-order valence-electron chi connectivity index (χ0n) is 14.1. The fraction of sp³-hybridized carbons (Fsp3) is 0.250. The lowest BCUT2D eigenvalue weighted by Crippen LogP contribution is -2.38. The molecule has 2 heterocycles. The maximum atomic E-state index is 12.5. The Morgan fingerprint density at radius 2 is 1.76 bits per heavy atom. The van der Waals surface area contributed by atoms with Crippen LogP contribution in [0.15, 0.2) is 32.6 Å². The molecule has 0 amide bonds. The van der Waals surface area contributed by atoms with Crippen molar-refractivity contribution >= 4 is 11.2 Å². The number of aromatic amines is 1. The van der Waals surface area contributed by atoms with E-state index in [1.165, 1.54) is 32.9 Å². The highest BCUT2D eigenvalue weighted by Gasteiger charge is 2.17. The summed E-state index contributed by atoms with van der Waals surface area (Å²) in [5.74, 6) is 0.918. The highest BCUT2D eigenvalue weighted by molar-refractivity contribution is 5.75. The van der Waals surface area contributed by atoms with E-state index >= 15 is 0 Å². The third-order valence-corrected chi connectivity index (χ3v) is 3.97. The van der Waals surface area contributed by atoms with Crippen molar-refractivity contribution in [2.75, 3.05) is 14.2 Å². The van der Waals surface area contributed by atoms with E-state index in [0.29, 0.717) is 17.1 Å². The molecule has 0 unspecified atom stereocenters. The van der Waals surface area contributed by atoms with E-state index in [2.05, 4.69) is 9.97 Å². The van der Waals surface area contributed by atoms with Crippen molar-refractivity contribution in [2.24, 2.45) is 14.1 Å². The van der Waals surface area contributed by atoms with Gasteiger partial charge in [0.2, 0.25) is 0 Å². The van der Waals surface area contributed by atoms with E-state index in [1.807, 2.05) is 0 Å². The lowest BCUT2D eigenvalue weighted by molar-refractivity contribution is 0.404. The van der Waals surface area contributed by atoms with Crippen LogP contribution in [-0.4, -0.2) is 33.3 Å². The van der Waals surface area contributed by atoms with E-state index in [0.717, 1.165) is 4.57 Å². The second-order valence-corrected chi connectivity index (χ2v) is 5.39. The number of hydrogen-bond donors (Lipinski definition) is 1. The van der Waals surface area contributed by atoms with E-state index in [9.17, 15) is 14.4 Å². The Labute approximate surface area is 141 Å². The zero-order chi connectivity index (χ0) is 18.3. The molecule has 0 aliphatic carbocycles. The fourth-order valence-electron chi connectivity index (χ4n) is 2.58. The van der Waals surface area contributed by atoms with Crippen molar-refractivity contribution in [1.82, 2.24) is 19.1 Å². The van der Waals surface area contributed by atoms with Crippen molar-refractivity contribution in [1.29, 1.82) is 0 Å². The minimum atomic E-state index is -0.619. The summed E-state index contributed by atoms with van der Waals surface area (Å²) in [6.07, 6.45) is 0. The van der Waals surface area contributed by atoms with Gasteiger partial charge in [0.25, 0.3) is 11.1 Å². The van der Waals surface area contributed by atoms with Gasteiger partial charge in [0.05, 0.1) is 19.8 Å². The normalized spacial score (nSPS) is 10.9. The molecular weight excluding hydrogens is 328 g/mol. The Morgan fingerprint density at radius 1 is 1.04 bits per heavy atom. The summed E-state index contributed by atoms with van der Waals surface area (Å²) in [5.41, 5.74) is -1.29. The molecule has 3 rings (SSSR count). The van der Waals surface area contributed by atoms with Crippen molar-refractivity contribution in [3.05, 3.63) is 49.4 Å². The lowest BCUT2D eigenvalue weighted by atomic mass is 10.1. The van der Waals surface area contributed by atoms with Crippen LogP contribution in [0.1, 0.15) is 0 Å². The Kier molecular flexibility index (Phi) is 3.91. The molecule has 0 saturated carbocycles. The molecule has 1 N–H and O–H groups in total. The molecule has 9 heteroatoms. The van der Waals surface area contributed by atoms with Crippen molar-refractivity contribution in [2.45, 2.75) is 0 Å². The van der Waals surface area contributed by atoms with Crippen LogP contribution in [0.25, 0.3) is 22.4 Å². The third kappa shape index (κ3) is 2.49. The second kappa shape index (κ2) is 5.93. The number of fused-ring (bicyclic) bond motifs is 1. The number of rotatable bonds is 3. The molecule has 0 fully saturated rings. The summed E-state index contributed by atoms with van der Waals surface area (Å²) in [7, 11) is 5.77. The van der Waals surface area contributed by atoms with E-state index in [-0.39, 0.29) is 16.9 Å². The Hall–Kier alpha value is -3.36. The van der Waals surface area contributed by atoms with Gasteiger partial charge in [-0.25, -0.2) is 9.78 Å². The first kappa shape index (κ1) is 16.5. The summed E-state index contributed by atoms with van der Waals surface area (Å²) in [6, 6.07) is 4.92.